The molecule has 0 spiro atoms. The van der Waals surface area contributed by atoms with Crippen LogP contribution in [-0.2, 0) is 19.1 Å². The lowest BCUT2D eigenvalue weighted by molar-refractivity contribution is -0.178. The summed E-state index contributed by atoms with van der Waals surface area (Å²) in [7, 11) is 0. The molecule has 1 rings (SSSR count). The van der Waals surface area contributed by atoms with Crippen LogP contribution in [0.4, 0.5) is 13.2 Å². The maximum absolute atomic E-state index is 12.0. The van der Waals surface area contributed by atoms with Gasteiger partial charge in [0.25, 0.3) is 0 Å². The second kappa shape index (κ2) is 6.76. The molecule has 0 amide bonds. The van der Waals surface area contributed by atoms with Crippen LogP contribution in [0.1, 0.15) is 39.0 Å². The molecule has 1 aliphatic rings. The molecule has 114 valence electrons. The van der Waals surface area contributed by atoms with Crippen molar-refractivity contribution < 1.29 is 32.2 Å². The van der Waals surface area contributed by atoms with Gasteiger partial charge in [0, 0.05) is 5.57 Å². The Balaban J connectivity index is 2.30. The van der Waals surface area contributed by atoms with Gasteiger partial charge in [-0.3, -0.25) is 4.79 Å². The predicted octanol–water partition coefficient (Wildman–Crippen LogP) is 2.91. The summed E-state index contributed by atoms with van der Waals surface area (Å²) < 4.78 is 45.8. The number of hydrogen-bond acceptors (Lipinski definition) is 4. The van der Waals surface area contributed by atoms with E-state index in [1.54, 1.807) is 0 Å². The fourth-order valence-electron chi connectivity index (χ4n) is 1.91. The molecule has 1 fully saturated rings. The Morgan fingerprint density at radius 2 is 1.55 bits per heavy atom. The third-order valence-electron chi connectivity index (χ3n) is 2.89. The molecule has 0 saturated heterocycles. The first-order valence-corrected chi connectivity index (χ1v) is 6.30. The normalized spacial score (nSPS) is 23.0. The van der Waals surface area contributed by atoms with Gasteiger partial charge in [0.15, 0.2) is 0 Å². The minimum atomic E-state index is -4.55. The van der Waals surface area contributed by atoms with E-state index in [0.717, 1.165) is 0 Å². The van der Waals surface area contributed by atoms with E-state index in [9.17, 15) is 22.8 Å². The maximum atomic E-state index is 12.0. The molecule has 0 radical (unpaired) electrons. The third kappa shape index (κ3) is 6.08. The Morgan fingerprint density at radius 3 is 1.95 bits per heavy atom. The topological polar surface area (TPSA) is 52.6 Å². The lowest BCUT2D eigenvalue weighted by Gasteiger charge is -2.28. The zero-order valence-electron chi connectivity index (χ0n) is 11.2. The summed E-state index contributed by atoms with van der Waals surface area (Å²) in [6, 6.07) is 0. The summed E-state index contributed by atoms with van der Waals surface area (Å²) in [5, 5.41) is 0. The van der Waals surface area contributed by atoms with Crippen molar-refractivity contribution in [3.8, 4) is 0 Å². The van der Waals surface area contributed by atoms with Crippen molar-refractivity contribution in [3.63, 3.8) is 0 Å². The molecule has 20 heavy (non-hydrogen) atoms. The fourth-order valence-corrected chi connectivity index (χ4v) is 1.91. The maximum Gasteiger partial charge on any atom is 0.399 e. The van der Waals surface area contributed by atoms with Gasteiger partial charge in [0.05, 0.1) is 0 Å². The van der Waals surface area contributed by atoms with Gasteiger partial charge in [-0.25, -0.2) is 4.79 Å². The van der Waals surface area contributed by atoms with Crippen molar-refractivity contribution in [2.45, 2.75) is 57.4 Å². The van der Waals surface area contributed by atoms with Crippen LogP contribution < -0.4 is 0 Å². The SMILES string of the molecule is C=C(C)C(=O)OC1CCC(OC(=O)CC(F)(F)F)CC1. The standard InChI is InChI=1S/C13H17F3O4/c1-8(2)12(18)20-10-5-3-9(4-6-10)19-11(17)7-13(14,15)16/h9-10H,1,3-7H2,2H3. The number of hydrogen-bond donors (Lipinski definition) is 0. The molecule has 0 aromatic rings. The van der Waals surface area contributed by atoms with E-state index in [2.05, 4.69) is 6.58 Å². The zero-order valence-corrected chi connectivity index (χ0v) is 11.2. The predicted molar refractivity (Wildman–Crippen MR) is 63.7 cm³/mol. The summed E-state index contributed by atoms with van der Waals surface area (Å²) >= 11 is 0. The van der Waals surface area contributed by atoms with E-state index in [-0.39, 0.29) is 6.10 Å². The summed E-state index contributed by atoms with van der Waals surface area (Å²) in [6.07, 6.45) is -5.26. The van der Waals surface area contributed by atoms with Crippen molar-refractivity contribution in [1.29, 1.82) is 0 Å². The van der Waals surface area contributed by atoms with Crippen LogP contribution in [0.15, 0.2) is 12.2 Å². The van der Waals surface area contributed by atoms with E-state index in [0.29, 0.717) is 31.3 Å². The molecule has 0 unspecified atom stereocenters. The Labute approximate surface area is 114 Å². The van der Waals surface area contributed by atoms with Crippen LogP contribution >= 0.6 is 0 Å². The molecule has 1 saturated carbocycles. The molecule has 0 aromatic carbocycles. The Hall–Kier alpha value is -1.53. The smallest absolute Gasteiger partial charge is 0.399 e. The van der Waals surface area contributed by atoms with Crippen molar-refractivity contribution in [1.82, 2.24) is 0 Å². The third-order valence-corrected chi connectivity index (χ3v) is 2.89. The van der Waals surface area contributed by atoms with Crippen LogP contribution in [0.5, 0.6) is 0 Å². The number of esters is 2. The Morgan fingerprint density at radius 1 is 1.10 bits per heavy atom. The Bertz CT molecular complexity index is 382. The van der Waals surface area contributed by atoms with Gasteiger partial charge in [-0.2, -0.15) is 13.2 Å². The minimum absolute atomic E-state index is 0.295. The van der Waals surface area contributed by atoms with Gasteiger partial charge >= 0.3 is 18.1 Å². The molecule has 0 bridgehead atoms. The highest BCUT2D eigenvalue weighted by Gasteiger charge is 2.34. The highest BCUT2D eigenvalue weighted by Crippen LogP contribution is 2.26. The van der Waals surface area contributed by atoms with E-state index < -0.39 is 30.6 Å². The number of carbonyl (C=O) groups is 2. The first-order valence-electron chi connectivity index (χ1n) is 6.30. The second-order valence-corrected chi connectivity index (χ2v) is 4.87. The number of carbonyl (C=O) groups excluding carboxylic acids is 2. The van der Waals surface area contributed by atoms with Crippen molar-refractivity contribution in [3.05, 3.63) is 12.2 Å². The summed E-state index contributed by atoms with van der Waals surface area (Å²) in [5.74, 6) is -1.75. The molecular formula is C13H17F3O4. The van der Waals surface area contributed by atoms with E-state index in [4.69, 9.17) is 9.47 Å². The number of ether oxygens (including phenoxy) is 2. The lowest BCUT2D eigenvalue weighted by atomic mass is 9.95. The van der Waals surface area contributed by atoms with Crippen LogP contribution in [0.2, 0.25) is 0 Å². The molecule has 1 aliphatic carbocycles. The van der Waals surface area contributed by atoms with E-state index >= 15 is 0 Å². The average molecular weight is 294 g/mol. The van der Waals surface area contributed by atoms with Gasteiger partial charge in [0.1, 0.15) is 18.6 Å². The molecule has 4 nitrogen and oxygen atoms in total. The van der Waals surface area contributed by atoms with Crippen LogP contribution in [0.25, 0.3) is 0 Å². The molecule has 0 N–H and O–H groups in total. The summed E-state index contributed by atoms with van der Waals surface area (Å²) in [6.45, 7) is 4.99. The molecule has 0 heterocycles. The first-order chi connectivity index (χ1) is 9.17. The molecule has 7 heteroatoms. The molecule has 0 atom stereocenters. The van der Waals surface area contributed by atoms with Crippen LogP contribution in [-0.4, -0.2) is 30.3 Å². The van der Waals surface area contributed by atoms with Crippen LogP contribution in [0, 0.1) is 0 Å². The second-order valence-electron chi connectivity index (χ2n) is 4.87. The lowest BCUT2D eigenvalue weighted by Crippen LogP contribution is -2.31. The van der Waals surface area contributed by atoms with Crippen molar-refractivity contribution in [2.75, 3.05) is 0 Å². The van der Waals surface area contributed by atoms with Crippen molar-refractivity contribution >= 4 is 11.9 Å². The molecule has 0 aliphatic heterocycles. The van der Waals surface area contributed by atoms with E-state index in [1.165, 1.54) is 6.92 Å². The highest BCUT2D eigenvalue weighted by atomic mass is 19.4. The average Bonchev–Trinajstić information content (AvgIpc) is 2.28. The van der Waals surface area contributed by atoms with Gasteiger partial charge < -0.3 is 9.47 Å². The number of halogens is 3. The Kier molecular flexibility index (Phi) is 5.59. The van der Waals surface area contributed by atoms with Gasteiger partial charge in [-0.05, 0) is 32.6 Å². The molecule has 0 aromatic heterocycles. The fraction of sp³-hybridized carbons (Fsp3) is 0.692. The van der Waals surface area contributed by atoms with Crippen molar-refractivity contribution in [2.24, 2.45) is 0 Å². The quantitative estimate of drug-likeness (QED) is 0.591. The summed E-state index contributed by atoms with van der Waals surface area (Å²) in [5.41, 5.74) is 0.295. The van der Waals surface area contributed by atoms with Gasteiger partial charge in [-0.1, -0.05) is 6.58 Å². The molecular weight excluding hydrogens is 277 g/mol. The van der Waals surface area contributed by atoms with Crippen LogP contribution in [0.3, 0.4) is 0 Å². The monoisotopic (exact) mass is 294 g/mol. The number of alkyl halides is 3. The van der Waals surface area contributed by atoms with Gasteiger partial charge in [0.2, 0.25) is 0 Å². The first kappa shape index (κ1) is 16.5. The van der Waals surface area contributed by atoms with E-state index in [1.807, 2.05) is 0 Å². The number of rotatable bonds is 4. The van der Waals surface area contributed by atoms with Gasteiger partial charge in [-0.15, -0.1) is 0 Å². The largest absolute Gasteiger partial charge is 0.462 e. The summed E-state index contributed by atoms with van der Waals surface area (Å²) in [4.78, 5) is 22.3. The zero-order chi connectivity index (χ0) is 15.3. The minimum Gasteiger partial charge on any atom is -0.462 e. The highest BCUT2D eigenvalue weighted by molar-refractivity contribution is 5.87.